The van der Waals surface area contributed by atoms with E-state index in [2.05, 4.69) is 0 Å². The van der Waals surface area contributed by atoms with Crippen molar-refractivity contribution in [1.82, 2.24) is 4.90 Å². The van der Waals surface area contributed by atoms with Gasteiger partial charge in [0.25, 0.3) is 0 Å². The van der Waals surface area contributed by atoms with Crippen LogP contribution in [0.2, 0.25) is 0 Å². The molecule has 1 aliphatic heterocycles. The number of hydrogen-bond donors (Lipinski definition) is 0. The highest BCUT2D eigenvalue weighted by Crippen LogP contribution is 2.55. The fraction of sp³-hybridized carbons (Fsp3) is 0.450. The summed E-state index contributed by atoms with van der Waals surface area (Å²) in [6.07, 6.45) is 2.62. The van der Waals surface area contributed by atoms with Crippen LogP contribution in [0.4, 0.5) is 0 Å². The quantitative estimate of drug-likeness (QED) is 0.841. The maximum Gasteiger partial charge on any atom is 0.237 e. The minimum Gasteiger partial charge on any atom is -0.339 e. The number of piperidine rings is 1. The van der Waals surface area contributed by atoms with E-state index in [1.807, 2.05) is 62.1 Å². The summed E-state index contributed by atoms with van der Waals surface area (Å²) in [6, 6.07) is 11.7. The summed E-state index contributed by atoms with van der Waals surface area (Å²) in [6.45, 7) is 6.66. The molecule has 1 heterocycles. The van der Waals surface area contributed by atoms with Crippen LogP contribution in [0.3, 0.4) is 0 Å². The molecule has 0 radical (unpaired) electrons. The largest absolute Gasteiger partial charge is 0.339 e. The minimum absolute atomic E-state index is 0.00213. The maximum atomic E-state index is 13.6. The number of ketones is 1. The molecule has 1 fully saturated rings. The molecule has 0 N–H and O–H groups in total. The molecule has 1 amide bonds. The first-order chi connectivity index (χ1) is 11.4. The van der Waals surface area contributed by atoms with E-state index >= 15 is 0 Å². The standard InChI is InChI=1S/C20H22N2O2/c1-14(2)22-10-9-19(3)12-17(23)15(13-21)11-20(19,18(22)24)16-7-5-4-6-8-16/h4-8,11,14H,9-10,12H2,1-3H3/t19-,20-/m0/s1. The first-order valence-electron chi connectivity index (χ1n) is 8.38. The normalized spacial score (nSPS) is 30.0. The summed E-state index contributed by atoms with van der Waals surface area (Å²) in [5.74, 6) is -0.157. The van der Waals surface area contributed by atoms with E-state index in [0.717, 1.165) is 12.0 Å². The molecule has 1 aliphatic carbocycles. The molecule has 1 saturated heterocycles. The molecule has 124 valence electrons. The third kappa shape index (κ3) is 2.11. The second-order valence-electron chi connectivity index (χ2n) is 7.35. The van der Waals surface area contributed by atoms with Gasteiger partial charge in [0.1, 0.15) is 6.07 Å². The zero-order valence-electron chi connectivity index (χ0n) is 14.4. The molecular weight excluding hydrogens is 300 g/mol. The van der Waals surface area contributed by atoms with E-state index < -0.39 is 10.8 Å². The third-order valence-corrected chi connectivity index (χ3v) is 5.64. The molecule has 2 aliphatic rings. The Balaban J connectivity index is 2.31. The highest BCUT2D eigenvalue weighted by molar-refractivity contribution is 6.05. The number of nitrogens with zero attached hydrogens (tertiary/aromatic N) is 2. The van der Waals surface area contributed by atoms with Gasteiger partial charge in [-0.2, -0.15) is 5.26 Å². The van der Waals surface area contributed by atoms with Crippen LogP contribution in [-0.4, -0.2) is 29.2 Å². The lowest BCUT2D eigenvalue weighted by Gasteiger charge is -2.55. The van der Waals surface area contributed by atoms with Gasteiger partial charge < -0.3 is 4.90 Å². The van der Waals surface area contributed by atoms with Crippen molar-refractivity contribution < 1.29 is 9.59 Å². The van der Waals surface area contributed by atoms with Crippen LogP contribution in [0.5, 0.6) is 0 Å². The van der Waals surface area contributed by atoms with Gasteiger partial charge in [-0.1, -0.05) is 37.3 Å². The van der Waals surface area contributed by atoms with Crippen LogP contribution in [0.25, 0.3) is 0 Å². The molecule has 4 heteroatoms. The Morgan fingerprint density at radius 1 is 1.21 bits per heavy atom. The lowest BCUT2D eigenvalue weighted by molar-refractivity contribution is -0.150. The summed E-state index contributed by atoms with van der Waals surface area (Å²) < 4.78 is 0. The van der Waals surface area contributed by atoms with E-state index in [4.69, 9.17) is 0 Å². The first-order valence-corrected chi connectivity index (χ1v) is 8.38. The molecule has 24 heavy (non-hydrogen) atoms. The van der Waals surface area contributed by atoms with Crippen molar-refractivity contribution in [1.29, 1.82) is 5.26 Å². The van der Waals surface area contributed by atoms with E-state index in [1.165, 1.54) is 0 Å². The number of carbonyl (C=O) groups is 2. The molecule has 4 nitrogen and oxygen atoms in total. The third-order valence-electron chi connectivity index (χ3n) is 5.64. The number of amides is 1. The van der Waals surface area contributed by atoms with Gasteiger partial charge in [0.15, 0.2) is 5.78 Å². The minimum atomic E-state index is -0.949. The number of allylic oxidation sites excluding steroid dienone is 1. The molecule has 0 spiro atoms. The number of likely N-dealkylation sites (tertiary alicyclic amines) is 1. The molecular formula is C20H22N2O2. The van der Waals surface area contributed by atoms with Gasteiger partial charge in [-0.05, 0) is 37.3 Å². The summed E-state index contributed by atoms with van der Waals surface area (Å²) in [5, 5.41) is 9.39. The van der Waals surface area contributed by atoms with Crippen molar-refractivity contribution in [2.75, 3.05) is 6.54 Å². The molecule has 0 bridgehead atoms. The number of hydrogen-bond acceptors (Lipinski definition) is 3. The molecule has 0 saturated carbocycles. The summed E-state index contributed by atoms with van der Waals surface area (Å²) >= 11 is 0. The van der Waals surface area contributed by atoms with Crippen molar-refractivity contribution >= 4 is 11.7 Å². The van der Waals surface area contributed by atoms with Gasteiger partial charge in [-0.25, -0.2) is 0 Å². The molecule has 0 unspecified atom stereocenters. The molecule has 3 rings (SSSR count). The lowest BCUT2D eigenvalue weighted by atomic mass is 9.52. The van der Waals surface area contributed by atoms with Gasteiger partial charge >= 0.3 is 0 Å². The van der Waals surface area contributed by atoms with Gasteiger partial charge in [-0.3, -0.25) is 9.59 Å². The molecule has 1 aromatic carbocycles. The Morgan fingerprint density at radius 2 is 1.88 bits per heavy atom. The summed E-state index contributed by atoms with van der Waals surface area (Å²) in [5.41, 5.74) is -0.484. The zero-order valence-corrected chi connectivity index (χ0v) is 14.4. The first kappa shape index (κ1) is 16.4. The second-order valence-corrected chi connectivity index (χ2v) is 7.35. The average Bonchev–Trinajstić information content (AvgIpc) is 2.55. The van der Waals surface area contributed by atoms with Gasteiger partial charge in [0, 0.05) is 19.0 Å². The Bertz CT molecular complexity index is 760. The molecule has 2 atom stereocenters. The van der Waals surface area contributed by atoms with Crippen molar-refractivity contribution in [2.24, 2.45) is 5.41 Å². The fourth-order valence-electron chi connectivity index (χ4n) is 4.20. The number of carbonyl (C=O) groups excluding carboxylic acids is 2. The van der Waals surface area contributed by atoms with E-state index in [1.54, 1.807) is 6.08 Å². The Morgan fingerprint density at radius 3 is 2.46 bits per heavy atom. The highest BCUT2D eigenvalue weighted by Gasteiger charge is 2.60. The summed E-state index contributed by atoms with van der Waals surface area (Å²) in [4.78, 5) is 27.8. The monoisotopic (exact) mass is 322 g/mol. The predicted octanol–water partition coefficient (Wildman–Crippen LogP) is 2.99. The van der Waals surface area contributed by atoms with Crippen molar-refractivity contribution in [3.8, 4) is 6.07 Å². The van der Waals surface area contributed by atoms with Crippen LogP contribution < -0.4 is 0 Å². The number of Topliss-reactive ketones (excluding diaryl/α,β-unsaturated/α-hetero) is 1. The van der Waals surface area contributed by atoms with Crippen molar-refractivity contribution in [3.05, 3.63) is 47.5 Å². The predicted molar refractivity (Wildman–Crippen MR) is 91.0 cm³/mol. The molecule has 1 aromatic rings. The zero-order chi connectivity index (χ0) is 17.5. The number of rotatable bonds is 2. The maximum absolute atomic E-state index is 13.6. The van der Waals surface area contributed by atoms with Crippen molar-refractivity contribution in [2.45, 2.75) is 45.1 Å². The van der Waals surface area contributed by atoms with Crippen LogP contribution in [0.1, 0.15) is 39.2 Å². The Kier molecular flexibility index (Phi) is 3.83. The number of nitriles is 1. The Hall–Kier alpha value is -2.41. The van der Waals surface area contributed by atoms with Gasteiger partial charge in [0.2, 0.25) is 5.91 Å². The number of benzene rings is 1. The van der Waals surface area contributed by atoms with E-state index in [-0.39, 0.29) is 29.7 Å². The fourth-order valence-corrected chi connectivity index (χ4v) is 4.20. The van der Waals surface area contributed by atoms with Crippen LogP contribution in [-0.2, 0) is 15.0 Å². The Labute approximate surface area is 142 Å². The van der Waals surface area contributed by atoms with E-state index in [0.29, 0.717) is 6.54 Å². The van der Waals surface area contributed by atoms with Crippen LogP contribution in [0, 0.1) is 16.7 Å². The van der Waals surface area contributed by atoms with Gasteiger partial charge in [0.05, 0.1) is 11.0 Å². The van der Waals surface area contributed by atoms with Gasteiger partial charge in [-0.15, -0.1) is 0 Å². The lowest BCUT2D eigenvalue weighted by Crippen LogP contribution is -2.63. The SMILES string of the molecule is CC(C)N1CC[C@@]2(C)CC(=O)C(C#N)=C[C@]2(c2ccccc2)C1=O. The summed E-state index contributed by atoms with van der Waals surface area (Å²) in [7, 11) is 0. The van der Waals surface area contributed by atoms with Crippen molar-refractivity contribution in [3.63, 3.8) is 0 Å². The highest BCUT2D eigenvalue weighted by atomic mass is 16.2. The van der Waals surface area contributed by atoms with Crippen LogP contribution >= 0.6 is 0 Å². The molecule has 0 aromatic heterocycles. The average molecular weight is 322 g/mol. The number of fused-ring (bicyclic) bond motifs is 1. The van der Waals surface area contributed by atoms with E-state index in [9.17, 15) is 14.9 Å². The van der Waals surface area contributed by atoms with Crippen LogP contribution in [0.15, 0.2) is 42.0 Å². The topological polar surface area (TPSA) is 61.2 Å². The second kappa shape index (κ2) is 5.59. The smallest absolute Gasteiger partial charge is 0.237 e.